The second-order valence-corrected chi connectivity index (χ2v) is 6.78. The number of fused-ring (bicyclic) bond motifs is 1. The lowest BCUT2D eigenvalue weighted by Gasteiger charge is -2.04. The molecule has 7 heteroatoms. The van der Waals surface area contributed by atoms with E-state index >= 15 is 0 Å². The van der Waals surface area contributed by atoms with E-state index in [1.54, 1.807) is 19.2 Å². The van der Waals surface area contributed by atoms with Crippen molar-refractivity contribution < 1.29 is 19.1 Å². The van der Waals surface area contributed by atoms with Crippen LogP contribution in [0.2, 0.25) is 0 Å². The molecule has 0 spiro atoms. The van der Waals surface area contributed by atoms with Crippen LogP contribution in [0.3, 0.4) is 0 Å². The highest BCUT2D eigenvalue weighted by Gasteiger charge is 2.21. The molecule has 4 rings (SSSR count). The van der Waals surface area contributed by atoms with Crippen molar-refractivity contribution in [3.63, 3.8) is 0 Å². The molecule has 0 radical (unpaired) electrons. The Bertz CT molecular complexity index is 1060. The van der Waals surface area contributed by atoms with Crippen LogP contribution in [-0.4, -0.2) is 33.8 Å². The van der Waals surface area contributed by atoms with Crippen LogP contribution in [0.5, 0.6) is 5.75 Å². The Balaban J connectivity index is 1.49. The van der Waals surface area contributed by atoms with Gasteiger partial charge in [0.05, 0.1) is 18.8 Å². The van der Waals surface area contributed by atoms with Gasteiger partial charge in [0.1, 0.15) is 17.0 Å². The number of hydrogen-bond acceptors (Lipinski definition) is 5. The summed E-state index contributed by atoms with van der Waals surface area (Å²) in [6.07, 6.45) is 3.00. The molecule has 2 aromatic heterocycles. The number of ether oxygens (including phenoxy) is 1. The van der Waals surface area contributed by atoms with E-state index in [4.69, 9.17) is 14.3 Å². The van der Waals surface area contributed by atoms with Crippen LogP contribution in [0.4, 0.5) is 4.79 Å². The number of pyridine rings is 1. The first-order valence-corrected chi connectivity index (χ1v) is 9.07. The van der Waals surface area contributed by atoms with Crippen molar-refractivity contribution in [1.29, 1.82) is 0 Å². The number of hydrogen-bond donors (Lipinski definition) is 2. The molecule has 1 atom stereocenters. The maximum atomic E-state index is 10.6. The van der Waals surface area contributed by atoms with Gasteiger partial charge in [-0.2, -0.15) is 0 Å². The largest absolute Gasteiger partial charge is 0.493 e. The first kappa shape index (κ1) is 17.9. The first-order chi connectivity index (χ1) is 13.6. The Morgan fingerprint density at radius 2 is 2.18 bits per heavy atom. The minimum atomic E-state index is -1.12. The lowest BCUT2D eigenvalue weighted by molar-refractivity contribution is 0.193. The SMILES string of the molecule is C[C@@H](C#Cc1cc2oc(-c3ccc(OCC4CC4)cc3)nc2cn1)NC(=O)O. The van der Waals surface area contributed by atoms with E-state index in [-0.39, 0.29) is 0 Å². The number of benzene rings is 1. The summed E-state index contributed by atoms with van der Waals surface area (Å²) in [5, 5.41) is 10.9. The smallest absolute Gasteiger partial charge is 0.405 e. The second kappa shape index (κ2) is 7.61. The Morgan fingerprint density at radius 1 is 1.39 bits per heavy atom. The molecule has 1 aromatic carbocycles. The number of oxazole rings is 1. The summed E-state index contributed by atoms with van der Waals surface area (Å²) >= 11 is 0. The second-order valence-electron chi connectivity index (χ2n) is 6.78. The van der Waals surface area contributed by atoms with E-state index in [1.165, 1.54) is 12.8 Å². The summed E-state index contributed by atoms with van der Waals surface area (Å²) in [5.41, 5.74) is 2.54. The highest BCUT2D eigenvalue weighted by Crippen LogP contribution is 2.30. The fraction of sp³-hybridized carbons (Fsp3) is 0.286. The predicted octanol–water partition coefficient (Wildman–Crippen LogP) is 3.69. The quantitative estimate of drug-likeness (QED) is 0.658. The van der Waals surface area contributed by atoms with Crippen LogP contribution in [-0.2, 0) is 0 Å². The number of nitrogens with zero attached hydrogens (tertiary/aromatic N) is 2. The summed E-state index contributed by atoms with van der Waals surface area (Å²) in [7, 11) is 0. The van der Waals surface area contributed by atoms with Gasteiger partial charge < -0.3 is 19.6 Å². The van der Waals surface area contributed by atoms with Gasteiger partial charge in [0.15, 0.2) is 5.58 Å². The Morgan fingerprint density at radius 3 is 2.89 bits per heavy atom. The van der Waals surface area contributed by atoms with Gasteiger partial charge in [-0.3, -0.25) is 0 Å². The molecule has 0 bridgehead atoms. The van der Waals surface area contributed by atoms with Gasteiger partial charge in [0.25, 0.3) is 0 Å². The summed E-state index contributed by atoms with van der Waals surface area (Å²) in [4.78, 5) is 19.3. The molecular weight excluding hydrogens is 358 g/mol. The normalized spacial score (nSPS) is 14.2. The third-order valence-electron chi connectivity index (χ3n) is 4.32. The Kier molecular flexibility index (Phi) is 4.85. The van der Waals surface area contributed by atoms with Gasteiger partial charge in [-0.05, 0) is 55.9 Å². The van der Waals surface area contributed by atoms with E-state index in [0.29, 0.717) is 28.6 Å². The van der Waals surface area contributed by atoms with E-state index < -0.39 is 12.1 Å². The van der Waals surface area contributed by atoms with Crippen LogP contribution in [0.15, 0.2) is 40.9 Å². The fourth-order valence-corrected chi connectivity index (χ4v) is 2.62. The zero-order valence-electron chi connectivity index (χ0n) is 15.3. The van der Waals surface area contributed by atoms with Gasteiger partial charge in [-0.25, -0.2) is 14.8 Å². The molecule has 3 aromatic rings. The molecule has 0 unspecified atom stereocenters. The molecule has 28 heavy (non-hydrogen) atoms. The van der Waals surface area contributed by atoms with E-state index in [1.807, 2.05) is 24.3 Å². The summed E-state index contributed by atoms with van der Waals surface area (Å²) in [6.45, 7) is 2.43. The molecule has 1 aliphatic rings. The van der Waals surface area contributed by atoms with Gasteiger partial charge >= 0.3 is 6.09 Å². The topological polar surface area (TPSA) is 97.5 Å². The highest BCUT2D eigenvalue weighted by molar-refractivity contribution is 5.76. The molecule has 0 saturated heterocycles. The van der Waals surface area contributed by atoms with Crippen molar-refractivity contribution in [3.05, 3.63) is 42.2 Å². The van der Waals surface area contributed by atoms with Gasteiger partial charge in [0.2, 0.25) is 5.89 Å². The number of carbonyl (C=O) groups is 1. The summed E-state index contributed by atoms with van der Waals surface area (Å²) in [5.74, 6) is 7.67. The number of rotatable bonds is 5. The van der Waals surface area contributed by atoms with Crippen molar-refractivity contribution in [3.8, 4) is 29.0 Å². The van der Waals surface area contributed by atoms with Crippen LogP contribution in [0.1, 0.15) is 25.5 Å². The minimum Gasteiger partial charge on any atom is -0.493 e. The lowest BCUT2D eigenvalue weighted by Crippen LogP contribution is -2.29. The minimum absolute atomic E-state index is 0.484. The molecule has 7 nitrogen and oxygen atoms in total. The maximum absolute atomic E-state index is 10.6. The molecule has 2 N–H and O–H groups in total. The van der Waals surface area contributed by atoms with Crippen molar-refractivity contribution >= 4 is 17.2 Å². The number of aromatic nitrogens is 2. The lowest BCUT2D eigenvalue weighted by atomic mass is 10.2. The zero-order valence-corrected chi connectivity index (χ0v) is 15.3. The maximum Gasteiger partial charge on any atom is 0.405 e. The zero-order chi connectivity index (χ0) is 19.5. The molecule has 2 heterocycles. The Labute approximate surface area is 161 Å². The molecule has 1 fully saturated rings. The van der Waals surface area contributed by atoms with Crippen LogP contribution >= 0.6 is 0 Å². The average Bonchev–Trinajstić information content (AvgIpc) is 3.41. The van der Waals surface area contributed by atoms with Crippen molar-refractivity contribution in [2.24, 2.45) is 5.92 Å². The number of amides is 1. The van der Waals surface area contributed by atoms with Crippen LogP contribution in [0.25, 0.3) is 22.6 Å². The molecule has 1 aliphatic carbocycles. The third kappa shape index (κ3) is 4.41. The standard InChI is InChI=1S/C21H19N3O4/c1-13(23-21(25)26)2-7-16-10-19-18(11-22-16)24-20(28-19)15-5-8-17(9-6-15)27-12-14-3-4-14/h5-6,8-11,13-14,23H,3-4,12H2,1H3,(H,25,26)/t13-/m0/s1. The molecule has 142 valence electrons. The van der Waals surface area contributed by atoms with Gasteiger partial charge in [-0.1, -0.05) is 5.92 Å². The predicted molar refractivity (Wildman–Crippen MR) is 103 cm³/mol. The van der Waals surface area contributed by atoms with E-state index in [9.17, 15) is 4.79 Å². The molecule has 1 saturated carbocycles. The number of carboxylic acid groups (broad SMARTS) is 1. The van der Waals surface area contributed by atoms with E-state index in [0.717, 1.165) is 17.9 Å². The van der Waals surface area contributed by atoms with E-state index in [2.05, 4.69) is 27.1 Å². The monoisotopic (exact) mass is 377 g/mol. The molecule has 1 amide bonds. The van der Waals surface area contributed by atoms with Crippen LogP contribution < -0.4 is 10.1 Å². The van der Waals surface area contributed by atoms with Crippen molar-refractivity contribution in [2.45, 2.75) is 25.8 Å². The highest BCUT2D eigenvalue weighted by atomic mass is 16.5. The van der Waals surface area contributed by atoms with Gasteiger partial charge in [0, 0.05) is 11.6 Å². The molecular formula is C21H19N3O4. The number of nitrogens with one attached hydrogen (secondary N) is 1. The van der Waals surface area contributed by atoms with Crippen LogP contribution in [0, 0.1) is 17.8 Å². The molecule has 0 aliphatic heterocycles. The van der Waals surface area contributed by atoms with Crippen molar-refractivity contribution in [1.82, 2.24) is 15.3 Å². The third-order valence-corrected chi connectivity index (χ3v) is 4.32. The Hall–Kier alpha value is -3.53. The summed E-state index contributed by atoms with van der Waals surface area (Å²) < 4.78 is 11.6. The average molecular weight is 377 g/mol. The first-order valence-electron chi connectivity index (χ1n) is 9.07. The van der Waals surface area contributed by atoms with Gasteiger partial charge in [-0.15, -0.1) is 0 Å². The van der Waals surface area contributed by atoms with Crippen molar-refractivity contribution in [2.75, 3.05) is 6.61 Å². The fourth-order valence-electron chi connectivity index (χ4n) is 2.62. The summed E-state index contributed by atoms with van der Waals surface area (Å²) in [6, 6.07) is 8.86.